The molecule has 6 heteroatoms. The second kappa shape index (κ2) is 8.05. The molecule has 3 aromatic heterocycles. The highest BCUT2D eigenvalue weighted by atomic mass is 32.1. The molecule has 4 heterocycles. The lowest BCUT2D eigenvalue weighted by atomic mass is 10.1. The Morgan fingerprint density at radius 1 is 0.939 bits per heavy atom. The molecule has 1 saturated heterocycles. The van der Waals surface area contributed by atoms with Crippen molar-refractivity contribution in [2.75, 3.05) is 31.1 Å². The summed E-state index contributed by atoms with van der Waals surface area (Å²) < 4.78 is 0. The van der Waals surface area contributed by atoms with Crippen LogP contribution in [0.5, 0.6) is 0 Å². The van der Waals surface area contributed by atoms with Crippen LogP contribution in [0.15, 0.2) is 72.1 Å². The normalized spacial score (nSPS) is 14.3. The van der Waals surface area contributed by atoms with Gasteiger partial charge in [-0.1, -0.05) is 42.0 Å². The maximum Gasteiger partial charge on any atom is 0.272 e. The number of carbonyl (C=O) groups excluding carboxylic acids is 1. The van der Waals surface area contributed by atoms with Crippen molar-refractivity contribution in [3.63, 3.8) is 0 Å². The van der Waals surface area contributed by atoms with E-state index in [9.17, 15) is 4.79 Å². The standard InChI is InChI=1S/C27H24N4OS/c1-18-8-10-19(11-9-18)30-12-14-31(15-13-30)27(32)23-17-21-20-5-2-3-6-22(20)28-25(21)26(29-23)24-7-4-16-33-24/h2-11,16-17,28H,12-15H2,1H3. The average molecular weight is 453 g/mol. The number of hydrogen-bond donors (Lipinski definition) is 1. The summed E-state index contributed by atoms with van der Waals surface area (Å²) in [4.78, 5) is 27.3. The van der Waals surface area contributed by atoms with Crippen LogP contribution < -0.4 is 4.90 Å². The first kappa shape index (κ1) is 20.0. The van der Waals surface area contributed by atoms with Gasteiger partial charge >= 0.3 is 0 Å². The molecule has 0 radical (unpaired) electrons. The first-order chi connectivity index (χ1) is 16.2. The summed E-state index contributed by atoms with van der Waals surface area (Å²) in [6.45, 7) is 5.12. The number of aromatic amines is 1. The number of fused-ring (bicyclic) bond motifs is 3. The van der Waals surface area contributed by atoms with E-state index in [0.29, 0.717) is 18.8 Å². The summed E-state index contributed by atoms with van der Waals surface area (Å²) in [6.07, 6.45) is 0. The maximum atomic E-state index is 13.5. The zero-order valence-corrected chi connectivity index (χ0v) is 19.2. The van der Waals surface area contributed by atoms with Gasteiger partial charge in [0.2, 0.25) is 0 Å². The summed E-state index contributed by atoms with van der Waals surface area (Å²) in [6, 6.07) is 22.9. The van der Waals surface area contributed by atoms with Crippen LogP contribution in [-0.4, -0.2) is 47.0 Å². The quantitative estimate of drug-likeness (QED) is 0.381. The fourth-order valence-electron chi connectivity index (χ4n) is 4.63. The number of piperazine rings is 1. The molecule has 1 aliphatic rings. The highest BCUT2D eigenvalue weighted by molar-refractivity contribution is 7.13. The number of hydrogen-bond acceptors (Lipinski definition) is 4. The monoisotopic (exact) mass is 452 g/mol. The summed E-state index contributed by atoms with van der Waals surface area (Å²) in [5, 5.41) is 4.21. The molecule has 0 aliphatic carbocycles. The molecular weight excluding hydrogens is 428 g/mol. The second-order valence-corrected chi connectivity index (χ2v) is 9.49. The molecule has 0 unspecified atom stereocenters. The number of benzene rings is 2. The fraction of sp³-hybridized carbons (Fsp3) is 0.185. The van der Waals surface area contributed by atoms with Crippen molar-refractivity contribution in [3.8, 4) is 10.6 Å². The van der Waals surface area contributed by atoms with Gasteiger partial charge in [0.15, 0.2) is 0 Å². The molecular formula is C27H24N4OS. The van der Waals surface area contributed by atoms with Crippen LogP contribution in [-0.2, 0) is 0 Å². The largest absolute Gasteiger partial charge is 0.368 e. The lowest BCUT2D eigenvalue weighted by Crippen LogP contribution is -2.49. The van der Waals surface area contributed by atoms with Crippen molar-refractivity contribution < 1.29 is 4.79 Å². The van der Waals surface area contributed by atoms with Crippen LogP contribution >= 0.6 is 11.3 Å². The molecule has 0 saturated carbocycles. The number of nitrogens with one attached hydrogen (secondary N) is 1. The van der Waals surface area contributed by atoms with E-state index in [2.05, 4.69) is 59.3 Å². The van der Waals surface area contributed by atoms with Gasteiger partial charge in [0.25, 0.3) is 5.91 Å². The van der Waals surface area contributed by atoms with Gasteiger partial charge in [-0.3, -0.25) is 4.79 Å². The van der Waals surface area contributed by atoms with E-state index in [1.165, 1.54) is 11.3 Å². The number of thiophene rings is 1. The number of rotatable bonds is 3. The van der Waals surface area contributed by atoms with Crippen molar-refractivity contribution in [2.24, 2.45) is 0 Å². The number of carbonyl (C=O) groups is 1. The summed E-state index contributed by atoms with van der Waals surface area (Å²) >= 11 is 1.64. The first-order valence-corrected chi connectivity index (χ1v) is 12.1. The van der Waals surface area contributed by atoms with Gasteiger partial charge in [-0.25, -0.2) is 4.98 Å². The van der Waals surface area contributed by atoms with Gasteiger partial charge in [-0.05, 0) is 42.6 Å². The van der Waals surface area contributed by atoms with Crippen molar-refractivity contribution in [2.45, 2.75) is 6.92 Å². The SMILES string of the molecule is Cc1ccc(N2CCN(C(=O)c3cc4c([nH]c5ccccc54)c(-c4cccs4)n3)CC2)cc1. The number of nitrogens with zero attached hydrogens (tertiary/aromatic N) is 3. The van der Waals surface area contributed by atoms with Crippen molar-refractivity contribution in [1.82, 2.24) is 14.9 Å². The predicted octanol–water partition coefficient (Wildman–Crippen LogP) is 5.72. The van der Waals surface area contributed by atoms with Gasteiger partial charge in [0.05, 0.1) is 10.4 Å². The smallest absolute Gasteiger partial charge is 0.272 e. The molecule has 5 aromatic rings. The van der Waals surface area contributed by atoms with Gasteiger partial charge in [0.1, 0.15) is 11.4 Å². The molecule has 33 heavy (non-hydrogen) atoms. The second-order valence-electron chi connectivity index (χ2n) is 8.54. The van der Waals surface area contributed by atoms with Crippen LogP contribution in [0, 0.1) is 6.92 Å². The number of H-pyrrole nitrogens is 1. The van der Waals surface area contributed by atoms with Crippen LogP contribution in [0.3, 0.4) is 0 Å². The van der Waals surface area contributed by atoms with E-state index in [0.717, 1.165) is 45.5 Å². The zero-order valence-electron chi connectivity index (χ0n) is 18.4. The molecule has 1 fully saturated rings. The van der Waals surface area contributed by atoms with Crippen molar-refractivity contribution in [3.05, 3.63) is 83.4 Å². The Morgan fingerprint density at radius 3 is 2.48 bits per heavy atom. The molecule has 2 aromatic carbocycles. The predicted molar refractivity (Wildman–Crippen MR) is 136 cm³/mol. The summed E-state index contributed by atoms with van der Waals surface area (Å²) in [7, 11) is 0. The Kier molecular flexibility index (Phi) is 4.88. The molecule has 1 amide bonds. The number of pyridine rings is 1. The van der Waals surface area contributed by atoms with Gasteiger partial charge in [-0.2, -0.15) is 0 Å². The molecule has 6 rings (SSSR count). The molecule has 5 nitrogen and oxygen atoms in total. The minimum atomic E-state index is 0.00328. The van der Waals surface area contributed by atoms with E-state index in [4.69, 9.17) is 4.98 Å². The van der Waals surface area contributed by atoms with Crippen molar-refractivity contribution >= 4 is 44.7 Å². The highest BCUT2D eigenvalue weighted by Crippen LogP contribution is 2.34. The van der Waals surface area contributed by atoms with Crippen molar-refractivity contribution in [1.29, 1.82) is 0 Å². The van der Waals surface area contributed by atoms with Gasteiger partial charge in [-0.15, -0.1) is 11.3 Å². The number of aromatic nitrogens is 2. The lowest BCUT2D eigenvalue weighted by molar-refractivity contribution is 0.0741. The minimum absolute atomic E-state index is 0.00328. The van der Waals surface area contributed by atoms with Crippen LogP contribution in [0.25, 0.3) is 32.4 Å². The van der Waals surface area contributed by atoms with E-state index >= 15 is 0 Å². The van der Waals surface area contributed by atoms with E-state index in [-0.39, 0.29) is 5.91 Å². The Labute approximate surface area is 196 Å². The topological polar surface area (TPSA) is 52.2 Å². The third kappa shape index (κ3) is 3.56. The number of anilines is 1. The van der Waals surface area contributed by atoms with Crippen LogP contribution in [0.1, 0.15) is 16.1 Å². The minimum Gasteiger partial charge on any atom is -0.368 e. The zero-order chi connectivity index (χ0) is 22.4. The number of para-hydroxylation sites is 1. The van der Waals surface area contributed by atoms with E-state index in [1.54, 1.807) is 11.3 Å². The molecule has 1 N–H and O–H groups in total. The Bertz CT molecular complexity index is 1450. The lowest BCUT2D eigenvalue weighted by Gasteiger charge is -2.36. The average Bonchev–Trinajstić information content (AvgIpc) is 3.52. The van der Waals surface area contributed by atoms with Gasteiger partial charge < -0.3 is 14.8 Å². The summed E-state index contributed by atoms with van der Waals surface area (Å²) in [5.74, 6) is 0.00328. The Balaban J connectivity index is 1.34. The van der Waals surface area contributed by atoms with E-state index < -0.39 is 0 Å². The third-order valence-electron chi connectivity index (χ3n) is 6.44. The van der Waals surface area contributed by atoms with Crippen LogP contribution in [0.4, 0.5) is 5.69 Å². The highest BCUT2D eigenvalue weighted by Gasteiger charge is 2.25. The number of aryl methyl sites for hydroxylation is 1. The third-order valence-corrected chi connectivity index (χ3v) is 7.31. The Morgan fingerprint density at radius 2 is 1.73 bits per heavy atom. The molecule has 0 atom stereocenters. The fourth-order valence-corrected chi connectivity index (χ4v) is 5.35. The molecule has 0 bridgehead atoms. The van der Waals surface area contributed by atoms with E-state index in [1.807, 2.05) is 34.5 Å². The maximum absolute atomic E-state index is 13.5. The summed E-state index contributed by atoms with van der Waals surface area (Å²) in [5.41, 5.74) is 5.88. The van der Waals surface area contributed by atoms with Crippen LogP contribution in [0.2, 0.25) is 0 Å². The molecule has 0 spiro atoms. The first-order valence-electron chi connectivity index (χ1n) is 11.2. The Hall–Kier alpha value is -3.64. The molecule has 164 valence electrons. The molecule has 1 aliphatic heterocycles. The van der Waals surface area contributed by atoms with Gasteiger partial charge in [0, 0.05) is 48.2 Å². The number of amides is 1.